The number of aromatic hydroxyl groups is 1. The lowest BCUT2D eigenvalue weighted by Gasteiger charge is -2.08. The number of phenols is 1. The number of aliphatic carboxylic acids is 1. The third-order valence-electron chi connectivity index (χ3n) is 4.11. The van der Waals surface area contributed by atoms with Crippen molar-refractivity contribution >= 4 is 57.0 Å². The first-order valence-corrected chi connectivity index (χ1v) is 10.7. The fourth-order valence-electron chi connectivity index (χ4n) is 2.69. The number of carboxylic acids is 1. The summed E-state index contributed by atoms with van der Waals surface area (Å²) in [7, 11) is 0. The van der Waals surface area contributed by atoms with Crippen molar-refractivity contribution in [2.45, 2.75) is 18.6 Å². The Balaban J connectivity index is 2.03. The van der Waals surface area contributed by atoms with Crippen molar-refractivity contribution in [2.24, 2.45) is 0 Å². The largest absolute Gasteiger partial charge is 0.502 e. The number of halogens is 2. The van der Waals surface area contributed by atoms with E-state index in [2.05, 4.69) is 26.1 Å². The van der Waals surface area contributed by atoms with Crippen LogP contribution in [0.15, 0.2) is 50.9 Å². The quantitative estimate of drug-likeness (QED) is 0.186. The van der Waals surface area contributed by atoms with Gasteiger partial charge in [-0.25, -0.2) is 4.79 Å². The number of nitro benzene ring substituents is 1. The summed E-state index contributed by atoms with van der Waals surface area (Å²) in [5.41, 5.74) is 0.190. The molecule has 0 aliphatic carbocycles. The zero-order valence-electron chi connectivity index (χ0n) is 15.8. The van der Waals surface area contributed by atoms with E-state index in [4.69, 9.17) is 11.6 Å². The maximum absolute atomic E-state index is 11.8. The van der Waals surface area contributed by atoms with E-state index < -0.39 is 22.3 Å². The summed E-state index contributed by atoms with van der Waals surface area (Å²) < 4.78 is 2.05. The van der Waals surface area contributed by atoms with Gasteiger partial charge in [0, 0.05) is 33.2 Å². The Morgan fingerprint density at radius 2 is 2.00 bits per heavy atom. The zero-order valence-corrected chi connectivity index (χ0v) is 19.0. The van der Waals surface area contributed by atoms with Gasteiger partial charge in [0.1, 0.15) is 4.91 Å². The molecule has 3 rings (SSSR count). The highest BCUT2D eigenvalue weighted by atomic mass is 79.9. The van der Waals surface area contributed by atoms with Crippen molar-refractivity contribution in [2.75, 3.05) is 0 Å². The van der Waals surface area contributed by atoms with Crippen LogP contribution in [0.2, 0.25) is 5.02 Å². The summed E-state index contributed by atoms with van der Waals surface area (Å²) >= 11 is 9.88. The van der Waals surface area contributed by atoms with Crippen molar-refractivity contribution in [3.05, 3.63) is 66.5 Å². The maximum Gasteiger partial charge on any atom is 0.342 e. The molecule has 0 aliphatic rings. The van der Waals surface area contributed by atoms with Crippen LogP contribution in [0.5, 0.6) is 5.75 Å². The molecule has 0 saturated carbocycles. The summed E-state index contributed by atoms with van der Waals surface area (Å²) in [4.78, 5) is 22.0. The molecule has 0 amide bonds. The van der Waals surface area contributed by atoms with Gasteiger partial charge in [0.05, 0.1) is 4.92 Å². The molecule has 0 saturated heterocycles. The van der Waals surface area contributed by atoms with E-state index >= 15 is 0 Å². The number of nitrogens with zero attached hydrogens (tertiary/aromatic N) is 4. The lowest BCUT2D eigenvalue weighted by molar-refractivity contribution is -0.385. The van der Waals surface area contributed by atoms with Crippen molar-refractivity contribution < 1.29 is 19.9 Å². The second-order valence-electron chi connectivity index (χ2n) is 6.09. The average molecular weight is 526 g/mol. The molecule has 0 radical (unpaired) electrons. The molecular formula is C19H14BrClN4O5S. The highest BCUT2D eigenvalue weighted by Gasteiger charge is 2.22. The van der Waals surface area contributed by atoms with E-state index in [0.29, 0.717) is 27.0 Å². The van der Waals surface area contributed by atoms with E-state index in [1.165, 1.54) is 6.07 Å². The summed E-state index contributed by atoms with van der Waals surface area (Å²) in [6, 6.07) is 9.49. The van der Waals surface area contributed by atoms with Crippen LogP contribution in [0.3, 0.4) is 0 Å². The molecule has 0 spiro atoms. The van der Waals surface area contributed by atoms with Crippen LogP contribution in [0.25, 0.3) is 17.5 Å². The molecule has 0 aliphatic heterocycles. The van der Waals surface area contributed by atoms with Crippen LogP contribution >= 0.6 is 39.3 Å². The third-order valence-corrected chi connectivity index (χ3v) is 5.82. The van der Waals surface area contributed by atoms with Crippen molar-refractivity contribution in [1.29, 1.82) is 0 Å². The summed E-state index contributed by atoms with van der Waals surface area (Å²) in [5.74, 6) is -1.38. The Kier molecular flexibility index (Phi) is 6.98. The van der Waals surface area contributed by atoms with Crippen LogP contribution in [0, 0.1) is 10.1 Å². The second kappa shape index (κ2) is 9.50. The minimum atomic E-state index is -1.29. The first-order chi connectivity index (χ1) is 14.7. The number of hydrogen-bond acceptors (Lipinski definition) is 7. The molecule has 2 N–H and O–H groups in total. The Hall–Kier alpha value is -2.89. The van der Waals surface area contributed by atoms with Gasteiger partial charge in [-0.05, 0) is 55.1 Å². The summed E-state index contributed by atoms with van der Waals surface area (Å²) in [6.45, 7) is 2.33. The number of benzene rings is 2. The average Bonchev–Trinajstić information content (AvgIpc) is 3.12. The summed E-state index contributed by atoms with van der Waals surface area (Å²) in [6.07, 6.45) is 1.15. The third kappa shape index (κ3) is 5.06. The number of rotatable bonds is 7. The van der Waals surface area contributed by atoms with Gasteiger partial charge in [-0.15, -0.1) is 10.2 Å². The summed E-state index contributed by atoms with van der Waals surface area (Å²) in [5, 5.41) is 40.1. The number of aromatic nitrogens is 3. The van der Waals surface area contributed by atoms with E-state index in [-0.39, 0.29) is 10.5 Å². The van der Waals surface area contributed by atoms with E-state index in [1.54, 1.807) is 28.8 Å². The molecular weight excluding hydrogens is 512 g/mol. The van der Waals surface area contributed by atoms with Crippen molar-refractivity contribution in [1.82, 2.24) is 14.8 Å². The van der Waals surface area contributed by atoms with Crippen molar-refractivity contribution in [3.63, 3.8) is 0 Å². The standard InChI is InChI=1S/C19H14BrClN4O5S/c1-2-24-17(10-3-5-13(21)6-4-10)22-23-19(24)31-15(18(27)28)8-11-7-12(20)9-14(16(11)26)25(29)30/h3-9,26H,2H2,1H3,(H,27,28)/b15-8-. The highest BCUT2D eigenvalue weighted by molar-refractivity contribution is 9.10. The molecule has 0 bridgehead atoms. The Morgan fingerprint density at radius 3 is 2.58 bits per heavy atom. The van der Waals surface area contributed by atoms with Crippen molar-refractivity contribution in [3.8, 4) is 17.1 Å². The zero-order chi connectivity index (χ0) is 22.7. The van der Waals surface area contributed by atoms with Gasteiger partial charge in [0.25, 0.3) is 0 Å². The molecule has 1 aromatic heterocycles. The second-order valence-corrected chi connectivity index (χ2v) is 8.45. The number of carbonyl (C=O) groups is 1. The number of thioether (sulfide) groups is 1. The van der Waals surface area contributed by atoms with Gasteiger partial charge in [-0.3, -0.25) is 10.1 Å². The number of carboxylic acid groups (broad SMARTS) is 1. The Labute approximate surface area is 193 Å². The highest BCUT2D eigenvalue weighted by Crippen LogP contribution is 2.37. The molecule has 9 nitrogen and oxygen atoms in total. The van der Waals surface area contributed by atoms with E-state index in [1.807, 2.05) is 6.92 Å². The van der Waals surface area contributed by atoms with Gasteiger partial charge < -0.3 is 14.8 Å². The lowest BCUT2D eigenvalue weighted by Crippen LogP contribution is -2.03. The van der Waals surface area contributed by atoms with Gasteiger partial charge in [0.15, 0.2) is 11.0 Å². The Morgan fingerprint density at radius 1 is 1.32 bits per heavy atom. The first-order valence-electron chi connectivity index (χ1n) is 8.70. The molecule has 2 aromatic carbocycles. The first kappa shape index (κ1) is 22.8. The monoisotopic (exact) mass is 524 g/mol. The molecule has 0 fully saturated rings. The molecule has 31 heavy (non-hydrogen) atoms. The predicted molar refractivity (Wildman–Crippen MR) is 120 cm³/mol. The topological polar surface area (TPSA) is 131 Å². The van der Waals surface area contributed by atoms with Crippen LogP contribution in [-0.4, -0.2) is 35.9 Å². The van der Waals surface area contributed by atoms with Crippen LogP contribution in [0.1, 0.15) is 12.5 Å². The molecule has 0 atom stereocenters. The fraction of sp³-hybridized carbons (Fsp3) is 0.105. The van der Waals surface area contributed by atoms with Gasteiger partial charge in [-0.2, -0.15) is 0 Å². The predicted octanol–water partition coefficient (Wildman–Crippen LogP) is 5.21. The molecule has 0 unspecified atom stereocenters. The Bertz CT molecular complexity index is 1200. The minimum absolute atomic E-state index is 0.0218. The number of nitro groups is 1. The molecule has 12 heteroatoms. The van der Waals surface area contributed by atoms with Gasteiger partial charge in [-0.1, -0.05) is 27.5 Å². The van der Waals surface area contributed by atoms with E-state index in [9.17, 15) is 25.1 Å². The smallest absolute Gasteiger partial charge is 0.342 e. The van der Waals surface area contributed by atoms with Gasteiger partial charge >= 0.3 is 11.7 Å². The SMILES string of the molecule is CCn1c(S/C(=C\c2cc(Br)cc([N+](=O)[O-])c2O)C(=O)O)nnc1-c1ccc(Cl)cc1. The fourth-order valence-corrected chi connectivity index (χ4v) is 4.16. The van der Waals surface area contributed by atoms with Crippen LogP contribution in [-0.2, 0) is 11.3 Å². The molecule has 3 aromatic rings. The van der Waals surface area contributed by atoms with Crippen LogP contribution < -0.4 is 0 Å². The lowest BCUT2D eigenvalue weighted by atomic mass is 10.1. The maximum atomic E-state index is 11.8. The van der Waals surface area contributed by atoms with Gasteiger partial charge in [0.2, 0.25) is 5.75 Å². The normalized spacial score (nSPS) is 11.5. The molecule has 1 heterocycles. The number of hydrogen-bond donors (Lipinski definition) is 2. The van der Waals surface area contributed by atoms with E-state index in [0.717, 1.165) is 29.5 Å². The molecule has 160 valence electrons. The van der Waals surface area contributed by atoms with Crippen LogP contribution in [0.4, 0.5) is 5.69 Å². The number of phenolic OH excluding ortho intramolecular Hbond substituents is 1. The minimum Gasteiger partial charge on any atom is -0.502 e.